The van der Waals surface area contributed by atoms with E-state index in [0.717, 1.165) is 16.8 Å². The molecule has 1 aliphatic rings. The Labute approximate surface area is 167 Å². The van der Waals surface area contributed by atoms with Gasteiger partial charge in [-0.15, -0.1) is 0 Å². The Morgan fingerprint density at radius 1 is 0.926 bits per heavy atom. The lowest BCUT2D eigenvalue weighted by Crippen LogP contribution is -2.51. The second-order valence-electron chi connectivity index (χ2n) is 6.95. The summed E-state index contributed by atoms with van der Waals surface area (Å²) in [5.41, 5.74) is 4.33. The van der Waals surface area contributed by atoms with Crippen LogP contribution in [0.1, 0.15) is 16.7 Å². The molecule has 0 aromatic heterocycles. The molecule has 0 atom stereocenters. The van der Waals surface area contributed by atoms with Gasteiger partial charge >= 0.3 is 0 Å². The molecule has 27 heavy (non-hydrogen) atoms. The first-order chi connectivity index (χ1) is 12.8. The zero-order valence-electron chi connectivity index (χ0n) is 15.9. The Hall–Kier alpha value is -1.96. The lowest BCUT2D eigenvalue weighted by Gasteiger charge is -2.35. The number of anilines is 1. The average molecular weight is 404 g/mol. The van der Waals surface area contributed by atoms with E-state index >= 15 is 0 Å². The van der Waals surface area contributed by atoms with Crippen molar-refractivity contribution in [2.45, 2.75) is 25.7 Å². The van der Waals surface area contributed by atoms with Gasteiger partial charge in [-0.2, -0.15) is 4.31 Å². The molecule has 3 rings (SSSR count). The number of hydrogen-bond donors (Lipinski definition) is 1. The van der Waals surface area contributed by atoms with E-state index in [1.54, 1.807) is 12.1 Å². The Kier molecular flexibility index (Phi) is 5.83. The number of nitrogens with one attached hydrogen (secondary N) is 1. The van der Waals surface area contributed by atoms with E-state index in [1.807, 2.05) is 37.8 Å². The van der Waals surface area contributed by atoms with Gasteiger partial charge in [-0.25, -0.2) is 8.42 Å². The normalized spacial score (nSPS) is 15.6. The van der Waals surface area contributed by atoms with Gasteiger partial charge < -0.3 is 10.2 Å². The second kappa shape index (κ2) is 7.96. The minimum Gasteiger partial charge on any atom is -0.346 e. The van der Waals surface area contributed by atoms with Crippen LogP contribution in [-0.2, 0) is 10.0 Å². The molecule has 0 spiro atoms. The van der Waals surface area contributed by atoms with E-state index in [9.17, 15) is 8.42 Å². The molecular formula is C20H25N3O2S2. The smallest absolute Gasteiger partial charge is 0.243 e. The second-order valence-corrected chi connectivity index (χ2v) is 9.28. The fourth-order valence-electron chi connectivity index (χ4n) is 3.06. The molecule has 2 aromatic rings. The van der Waals surface area contributed by atoms with Crippen LogP contribution in [0.5, 0.6) is 0 Å². The quantitative estimate of drug-likeness (QED) is 0.797. The van der Waals surface area contributed by atoms with Crippen molar-refractivity contribution in [1.82, 2.24) is 9.21 Å². The van der Waals surface area contributed by atoms with Gasteiger partial charge in [-0.3, -0.25) is 0 Å². The number of aryl methyl sites for hydroxylation is 3. The first kappa shape index (κ1) is 19.8. The SMILES string of the molecule is Cc1ccc(S(=O)(=O)N2CCN(C(=S)Nc3cc(C)ccc3C)CC2)cc1. The molecule has 1 fully saturated rings. The van der Waals surface area contributed by atoms with Gasteiger partial charge in [-0.1, -0.05) is 29.8 Å². The largest absolute Gasteiger partial charge is 0.346 e. The van der Waals surface area contributed by atoms with Crippen LogP contribution < -0.4 is 5.32 Å². The van der Waals surface area contributed by atoms with E-state index < -0.39 is 10.0 Å². The molecular weight excluding hydrogens is 378 g/mol. The maximum Gasteiger partial charge on any atom is 0.243 e. The van der Waals surface area contributed by atoms with Crippen LogP contribution in [0.15, 0.2) is 47.4 Å². The number of hydrogen-bond acceptors (Lipinski definition) is 3. The first-order valence-electron chi connectivity index (χ1n) is 8.97. The molecule has 2 aromatic carbocycles. The number of nitrogens with zero attached hydrogens (tertiary/aromatic N) is 2. The summed E-state index contributed by atoms with van der Waals surface area (Å²) in [4.78, 5) is 2.37. The summed E-state index contributed by atoms with van der Waals surface area (Å²) < 4.78 is 27.2. The van der Waals surface area contributed by atoms with Crippen molar-refractivity contribution >= 4 is 33.0 Å². The third-order valence-electron chi connectivity index (χ3n) is 4.82. The Bertz CT molecular complexity index is 932. The summed E-state index contributed by atoms with van der Waals surface area (Å²) in [5, 5.41) is 3.94. The van der Waals surface area contributed by atoms with Gasteiger partial charge in [-0.05, 0) is 62.3 Å². The Morgan fingerprint density at radius 3 is 2.15 bits per heavy atom. The molecule has 7 heteroatoms. The zero-order chi connectivity index (χ0) is 19.6. The van der Waals surface area contributed by atoms with Gasteiger partial charge in [0, 0.05) is 31.9 Å². The van der Waals surface area contributed by atoms with E-state index in [4.69, 9.17) is 12.2 Å². The fraction of sp³-hybridized carbons (Fsp3) is 0.350. The van der Waals surface area contributed by atoms with Gasteiger partial charge in [0.05, 0.1) is 4.90 Å². The lowest BCUT2D eigenvalue weighted by atomic mass is 10.1. The molecule has 0 bridgehead atoms. The molecule has 0 saturated carbocycles. The highest BCUT2D eigenvalue weighted by Gasteiger charge is 2.29. The monoisotopic (exact) mass is 403 g/mol. The van der Waals surface area contributed by atoms with E-state index in [-0.39, 0.29) is 0 Å². The van der Waals surface area contributed by atoms with Crippen LogP contribution in [0.3, 0.4) is 0 Å². The maximum absolute atomic E-state index is 12.8. The van der Waals surface area contributed by atoms with Crippen LogP contribution in [0.4, 0.5) is 5.69 Å². The first-order valence-corrected chi connectivity index (χ1v) is 10.8. The standard InChI is InChI=1S/C20H25N3O2S2/c1-15-5-8-18(9-6-15)27(24,25)23-12-10-22(11-13-23)20(26)21-19-14-16(2)4-7-17(19)3/h4-9,14H,10-13H2,1-3H3,(H,21,26). The number of piperazine rings is 1. The van der Waals surface area contributed by atoms with Crippen molar-refractivity contribution in [3.05, 3.63) is 59.2 Å². The minimum atomic E-state index is -3.46. The van der Waals surface area contributed by atoms with Crippen molar-refractivity contribution in [3.63, 3.8) is 0 Å². The summed E-state index contributed by atoms with van der Waals surface area (Å²) in [6.45, 7) is 8.01. The summed E-state index contributed by atoms with van der Waals surface area (Å²) in [5.74, 6) is 0. The van der Waals surface area contributed by atoms with E-state index in [1.165, 1.54) is 9.87 Å². The average Bonchev–Trinajstić information content (AvgIpc) is 2.65. The van der Waals surface area contributed by atoms with E-state index in [0.29, 0.717) is 36.2 Å². The van der Waals surface area contributed by atoms with Crippen molar-refractivity contribution in [3.8, 4) is 0 Å². The van der Waals surface area contributed by atoms with Crippen LogP contribution in [0.2, 0.25) is 0 Å². The highest BCUT2D eigenvalue weighted by molar-refractivity contribution is 7.89. The molecule has 0 amide bonds. The molecule has 0 radical (unpaired) electrons. The highest BCUT2D eigenvalue weighted by Crippen LogP contribution is 2.20. The molecule has 1 saturated heterocycles. The molecule has 1 N–H and O–H groups in total. The maximum atomic E-state index is 12.8. The number of thiocarbonyl (C=S) groups is 1. The molecule has 0 unspecified atom stereocenters. The number of rotatable bonds is 3. The fourth-order valence-corrected chi connectivity index (χ4v) is 4.77. The predicted molar refractivity (Wildman–Crippen MR) is 114 cm³/mol. The lowest BCUT2D eigenvalue weighted by molar-refractivity contribution is 0.268. The summed E-state index contributed by atoms with van der Waals surface area (Å²) in [7, 11) is -3.46. The van der Waals surface area contributed by atoms with Crippen LogP contribution in [-0.4, -0.2) is 48.9 Å². The Morgan fingerprint density at radius 2 is 1.52 bits per heavy atom. The minimum absolute atomic E-state index is 0.345. The van der Waals surface area contributed by atoms with Gasteiger partial charge in [0.1, 0.15) is 0 Å². The van der Waals surface area contributed by atoms with Crippen LogP contribution >= 0.6 is 12.2 Å². The van der Waals surface area contributed by atoms with Gasteiger partial charge in [0.2, 0.25) is 10.0 Å². The topological polar surface area (TPSA) is 52.7 Å². The van der Waals surface area contributed by atoms with E-state index in [2.05, 4.69) is 23.5 Å². The summed E-state index contributed by atoms with van der Waals surface area (Å²) >= 11 is 5.55. The molecule has 144 valence electrons. The molecule has 1 aliphatic heterocycles. The number of sulfonamides is 1. The van der Waals surface area contributed by atoms with Gasteiger partial charge in [0.25, 0.3) is 0 Å². The van der Waals surface area contributed by atoms with Crippen molar-refractivity contribution in [2.24, 2.45) is 0 Å². The van der Waals surface area contributed by atoms with Gasteiger partial charge in [0.15, 0.2) is 5.11 Å². The van der Waals surface area contributed by atoms with Crippen molar-refractivity contribution in [1.29, 1.82) is 0 Å². The van der Waals surface area contributed by atoms with Crippen LogP contribution in [0, 0.1) is 20.8 Å². The van der Waals surface area contributed by atoms with Crippen molar-refractivity contribution in [2.75, 3.05) is 31.5 Å². The third kappa shape index (κ3) is 4.48. The van der Waals surface area contributed by atoms with Crippen LogP contribution in [0.25, 0.3) is 0 Å². The molecule has 0 aliphatic carbocycles. The summed E-state index contributed by atoms with van der Waals surface area (Å²) in [6.07, 6.45) is 0. The predicted octanol–water partition coefficient (Wildman–Crippen LogP) is 3.32. The zero-order valence-corrected chi connectivity index (χ0v) is 17.5. The third-order valence-corrected chi connectivity index (χ3v) is 7.09. The van der Waals surface area contributed by atoms with Crippen molar-refractivity contribution < 1.29 is 8.42 Å². The molecule has 5 nitrogen and oxygen atoms in total. The molecule has 1 heterocycles. The Balaban J connectivity index is 1.63. The highest BCUT2D eigenvalue weighted by atomic mass is 32.2. The summed E-state index contributed by atoms with van der Waals surface area (Å²) in [6, 6.07) is 13.2. The number of benzene rings is 2.